The maximum Gasteiger partial charge on any atom is 0.277 e. The Morgan fingerprint density at radius 3 is 2.83 bits per heavy atom. The van der Waals surface area contributed by atoms with Gasteiger partial charge in [0.1, 0.15) is 11.7 Å². The summed E-state index contributed by atoms with van der Waals surface area (Å²) in [6.45, 7) is 1.96. The number of nitrogens with one attached hydrogen (secondary N) is 1. The molecule has 0 spiro atoms. The topological polar surface area (TPSA) is 139 Å². The smallest absolute Gasteiger partial charge is 0.277 e. The van der Waals surface area contributed by atoms with E-state index in [1.807, 2.05) is 6.92 Å². The summed E-state index contributed by atoms with van der Waals surface area (Å²) in [6.07, 6.45) is 2.99. The SMILES string of the molecule is Cc1ncc(-c2noc(CN(C)C3=CC(=O)N(C4CCC(=O)NC4=O)C3=O)n2)s1. The minimum atomic E-state index is -1.00. The van der Waals surface area contributed by atoms with Crippen molar-refractivity contribution in [3.8, 4) is 10.7 Å². The van der Waals surface area contributed by atoms with E-state index in [1.165, 1.54) is 16.2 Å². The highest BCUT2D eigenvalue weighted by Gasteiger charge is 2.43. The molecule has 2 aromatic rings. The molecule has 0 aromatic carbocycles. The fourth-order valence-corrected chi connectivity index (χ4v) is 3.84. The second kappa shape index (κ2) is 7.20. The van der Waals surface area contributed by atoms with Crippen molar-refractivity contribution in [3.63, 3.8) is 0 Å². The van der Waals surface area contributed by atoms with Crippen molar-refractivity contribution in [3.05, 3.63) is 28.9 Å². The first-order valence-corrected chi connectivity index (χ1v) is 9.54. The Labute approximate surface area is 168 Å². The summed E-state index contributed by atoms with van der Waals surface area (Å²) in [4.78, 5) is 60.0. The van der Waals surface area contributed by atoms with Gasteiger partial charge in [-0.15, -0.1) is 11.3 Å². The lowest BCUT2D eigenvalue weighted by atomic mass is 10.0. The molecule has 4 amide bonds. The van der Waals surface area contributed by atoms with Crippen LogP contribution in [-0.4, -0.2) is 61.6 Å². The van der Waals surface area contributed by atoms with Gasteiger partial charge in [-0.25, -0.2) is 4.98 Å². The number of rotatable bonds is 5. The van der Waals surface area contributed by atoms with Gasteiger partial charge < -0.3 is 9.42 Å². The van der Waals surface area contributed by atoms with Crippen molar-refractivity contribution in [2.75, 3.05) is 7.05 Å². The van der Waals surface area contributed by atoms with Crippen molar-refractivity contribution in [1.82, 2.24) is 30.2 Å². The summed E-state index contributed by atoms with van der Waals surface area (Å²) in [7, 11) is 1.60. The summed E-state index contributed by atoms with van der Waals surface area (Å²) < 4.78 is 5.23. The Bertz CT molecular complexity index is 1060. The van der Waals surface area contributed by atoms with Crippen LogP contribution in [0.5, 0.6) is 0 Å². The van der Waals surface area contributed by atoms with Gasteiger partial charge in [-0.1, -0.05) is 5.16 Å². The lowest BCUT2D eigenvalue weighted by molar-refractivity contribution is -0.150. The first-order valence-electron chi connectivity index (χ1n) is 8.73. The third kappa shape index (κ3) is 3.53. The van der Waals surface area contributed by atoms with E-state index in [-0.39, 0.29) is 31.0 Å². The molecule has 0 aliphatic carbocycles. The molecule has 0 bridgehead atoms. The maximum absolute atomic E-state index is 12.8. The van der Waals surface area contributed by atoms with Crippen molar-refractivity contribution >= 4 is 35.0 Å². The van der Waals surface area contributed by atoms with Crippen LogP contribution in [0.2, 0.25) is 0 Å². The van der Waals surface area contributed by atoms with E-state index >= 15 is 0 Å². The maximum atomic E-state index is 12.8. The molecule has 11 nitrogen and oxygen atoms in total. The molecule has 1 fully saturated rings. The second-order valence-corrected chi connectivity index (χ2v) is 7.86. The summed E-state index contributed by atoms with van der Waals surface area (Å²) in [5.41, 5.74) is 0.105. The average Bonchev–Trinajstić information content (AvgIpc) is 3.36. The Morgan fingerprint density at radius 2 is 2.14 bits per heavy atom. The minimum absolute atomic E-state index is 0.0699. The number of aryl methyl sites for hydroxylation is 1. The second-order valence-electron chi connectivity index (χ2n) is 6.62. The molecule has 1 unspecified atom stereocenters. The van der Waals surface area contributed by atoms with E-state index in [0.29, 0.717) is 5.82 Å². The molecular formula is C17H16N6O5S. The summed E-state index contributed by atoms with van der Waals surface area (Å²) in [6, 6.07) is -1.00. The number of carbonyl (C=O) groups is 4. The Kier molecular flexibility index (Phi) is 4.70. The van der Waals surface area contributed by atoms with Gasteiger partial charge in [0.25, 0.3) is 11.8 Å². The predicted molar refractivity (Wildman–Crippen MR) is 97.7 cm³/mol. The summed E-state index contributed by atoms with van der Waals surface area (Å²) in [5.74, 6) is -1.62. The predicted octanol–water partition coefficient (Wildman–Crippen LogP) is -0.00878. The van der Waals surface area contributed by atoms with Gasteiger partial charge >= 0.3 is 0 Å². The zero-order chi connectivity index (χ0) is 20.7. The molecule has 150 valence electrons. The van der Waals surface area contributed by atoms with Crippen LogP contribution < -0.4 is 5.32 Å². The number of carbonyl (C=O) groups excluding carboxylic acids is 4. The quantitative estimate of drug-likeness (QED) is 0.667. The van der Waals surface area contributed by atoms with E-state index in [0.717, 1.165) is 20.9 Å². The molecule has 12 heteroatoms. The lowest BCUT2D eigenvalue weighted by Gasteiger charge is -2.29. The number of piperidine rings is 1. The molecule has 1 saturated heterocycles. The van der Waals surface area contributed by atoms with Crippen molar-refractivity contribution in [1.29, 1.82) is 0 Å². The van der Waals surface area contributed by atoms with Crippen LogP contribution in [0.3, 0.4) is 0 Å². The monoisotopic (exact) mass is 416 g/mol. The van der Waals surface area contributed by atoms with E-state index < -0.39 is 29.7 Å². The number of likely N-dealkylation sites (N-methyl/N-ethyl adjacent to an activating group) is 1. The molecular weight excluding hydrogens is 400 g/mol. The lowest BCUT2D eigenvalue weighted by Crippen LogP contribution is -2.54. The highest BCUT2D eigenvalue weighted by atomic mass is 32.1. The molecule has 1 atom stereocenters. The molecule has 2 aromatic heterocycles. The van der Waals surface area contributed by atoms with Crippen LogP contribution >= 0.6 is 11.3 Å². The third-order valence-electron chi connectivity index (χ3n) is 4.55. The number of nitrogens with zero attached hydrogens (tertiary/aromatic N) is 5. The van der Waals surface area contributed by atoms with E-state index in [2.05, 4.69) is 20.4 Å². The number of amides is 4. The number of hydrogen-bond acceptors (Lipinski definition) is 10. The third-order valence-corrected chi connectivity index (χ3v) is 5.46. The van der Waals surface area contributed by atoms with Crippen LogP contribution in [0.25, 0.3) is 10.7 Å². The van der Waals surface area contributed by atoms with Gasteiger partial charge in [-0.3, -0.25) is 29.4 Å². The Morgan fingerprint density at radius 1 is 1.34 bits per heavy atom. The first kappa shape index (κ1) is 18.9. The van der Waals surface area contributed by atoms with Crippen LogP contribution in [-0.2, 0) is 25.7 Å². The standard InChI is InChI=1S/C17H16N6O5S/c1-8-18-6-11(29-8)15-20-13(28-21-15)7-22(2)10-5-14(25)23(17(10)27)9-3-4-12(24)19-16(9)26/h5-6,9H,3-4,7H2,1-2H3,(H,19,24,26). The Hall–Kier alpha value is -3.41. The van der Waals surface area contributed by atoms with Gasteiger partial charge in [0, 0.05) is 25.7 Å². The number of aromatic nitrogens is 3. The molecule has 4 heterocycles. The van der Waals surface area contributed by atoms with Gasteiger partial charge in [0.15, 0.2) is 0 Å². The van der Waals surface area contributed by atoms with E-state index in [9.17, 15) is 19.2 Å². The minimum Gasteiger partial charge on any atom is -0.361 e. The van der Waals surface area contributed by atoms with Crippen LogP contribution in [0.4, 0.5) is 0 Å². The van der Waals surface area contributed by atoms with Gasteiger partial charge in [-0.05, 0) is 13.3 Å². The van der Waals surface area contributed by atoms with E-state index in [4.69, 9.17) is 4.52 Å². The number of hydrogen-bond donors (Lipinski definition) is 1. The molecule has 29 heavy (non-hydrogen) atoms. The van der Waals surface area contributed by atoms with Crippen molar-refractivity contribution in [2.45, 2.75) is 32.4 Å². The molecule has 0 saturated carbocycles. The number of imide groups is 2. The average molecular weight is 416 g/mol. The van der Waals surface area contributed by atoms with Crippen LogP contribution in [0.1, 0.15) is 23.7 Å². The fraction of sp³-hybridized carbons (Fsp3) is 0.353. The van der Waals surface area contributed by atoms with Gasteiger partial charge in [0.05, 0.1) is 16.4 Å². The highest BCUT2D eigenvalue weighted by Crippen LogP contribution is 2.25. The molecule has 0 radical (unpaired) electrons. The summed E-state index contributed by atoms with van der Waals surface area (Å²) >= 11 is 1.43. The van der Waals surface area contributed by atoms with Crippen molar-refractivity contribution < 1.29 is 23.7 Å². The van der Waals surface area contributed by atoms with Crippen molar-refractivity contribution in [2.24, 2.45) is 0 Å². The Balaban J connectivity index is 1.46. The fourth-order valence-electron chi connectivity index (χ4n) is 3.14. The molecule has 2 aliphatic rings. The number of thiazole rings is 1. The zero-order valence-electron chi connectivity index (χ0n) is 15.5. The van der Waals surface area contributed by atoms with Gasteiger partial charge in [-0.2, -0.15) is 4.98 Å². The van der Waals surface area contributed by atoms with Gasteiger partial charge in [0.2, 0.25) is 23.5 Å². The van der Waals surface area contributed by atoms with Crippen LogP contribution in [0.15, 0.2) is 22.5 Å². The normalized spacial score (nSPS) is 19.6. The largest absolute Gasteiger partial charge is 0.361 e. The molecule has 1 N–H and O–H groups in total. The zero-order valence-corrected chi connectivity index (χ0v) is 16.4. The summed E-state index contributed by atoms with van der Waals surface area (Å²) in [5, 5.41) is 6.94. The highest BCUT2D eigenvalue weighted by molar-refractivity contribution is 7.14. The first-order chi connectivity index (χ1) is 13.8. The van der Waals surface area contributed by atoms with E-state index in [1.54, 1.807) is 13.2 Å². The molecule has 2 aliphatic heterocycles. The molecule has 4 rings (SSSR count). The van der Waals surface area contributed by atoms with Crippen LogP contribution in [0, 0.1) is 6.92 Å².